The first-order chi connectivity index (χ1) is 12.5. The molecule has 10 nitrogen and oxygen atoms in total. The normalized spacial score (nSPS) is 39.4. The standard InChI is InChI=1S/C16H26N4O6/c1-5-17-9-10(18(6-2)15(17)21)24-13(23-9)14-25-11-12(26-14)20(8-4)16(22)19(11)7-3/h9-14H,5-8H2,1-4H3/t9-,10+,11-,12+,13?,14?. The third kappa shape index (κ3) is 2.32. The lowest BCUT2D eigenvalue weighted by atomic mass is 10.4. The van der Waals surface area contributed by atoms with Crippen molar-refractivity contribution >= 4 is 12.1 Å². The van der Waals surface area contributed by atoms with Gasteiger partial charge < -0.3 is 18.9 Å². The lowest BCUT2D eigenvalue weighted by molar-refractivity contribution is -0.242. The van der Waals surface area contributed by atoms with Crippen LogP contribution in [0.4, 0.5) is 9.59 Å². The highest BCUT2D eigenvalue weighted by atomic mass is 16.8. The summed E-state index contributed by atoms with van der Waals surface area (Å²) in [4.78, 5) is 31.3. The molecule has 146 valence electrons. The first kappa shape index (κ1) is 17.8. The van der Waals surface area contributed by atoms with Crippen molar-refractivity contribution in [3.8, 4) is 0 Å². The molecule has 0 N–H and O–H groups in total. The van der Waals surface area contributed by atoms with Crippen LogP contribution in [0.15, 0.2) is 0 Å². The van der Waals surface area contributed by atoms with Gasteiger partial charge in [0.25, 0.3) is 0 Å². The van der Waals surface area contributed by atoms with Crippen LogP contribution in [-0.2, 0) is 18.9 Å². The van der Waals surface area contributed by atoms with E-state index in [0.717, 1.165) is 0 Å². The first-order valence-electron chi connectivity index (χ1n) is 9.31. The number of rotatable bonds is 5. The van der Waals surface area contributed by atoms with Crippen LogP contribution in [-0.4, -0.2) is 95.3 Å². The van der Waals surface area contributed by atoms with Gasteiger partial charge >= 0.3 is 12.1 Å². The Morgan fingerprint density at radius 1 is 0.577 bits per heavy atom. The van der Waals surface area contributed by atoms with Crippen molar-refractivity contribution in [3.63, 3.8) is 0 Å². The summed E-state index contributed by atoms with van der Waals surface area (Å²) in [7, 11) is 0. The lowest BCUT2D eigenvalue weighted by Gasteiger charge is -2.26. The summed E-state index contributed by atoms with van der Waals surface area (Å²) in [5.41, 5.74) is 0. The van der Waals surface area contributed by atoms with E-state index in [1.54, 1.807) is 19.6 Å². The third-order valence-electron chi connectivity index (χ3n) is 5.38. The fourth-order valence-electron chi connectivity index (χ4n) is 4.08. The van der Waals surface area contributed by atoms with Gasteiger partial charge in [0, 0.05) is 26.2 Å². The molecular formula is C16H26N4O6. The van der Waals surface area contributed by atoms with Crippen molar-refractivity contribution in [3.05, 3.63) is 0 Å². The molecule has 0 aromatic heterocycles. The van der Waals surface area contributed by atoms with Crippen LogP contribution in [0, 0.1) is 0 Å². The van der Waals surface area contributed by atoms with Crippen molar-refractivity contribution in [2.24, 2.45) is 0 Å². The summed E-state index contributed by atoms with van der Waals surface area (Å²) in [6, 6.07) is -0.179. The van der Waals surface area contributed by atoms with Crippen LogP contribution >= 0.6 is 0 Å². The molecule has 4 heterocycles. The molecule has 4 rings (SSSR count). The number of likely N-dealkylation sites (N-methyl/N-ethyl adjacent to an activating group) is 4. The van der Waals surface area contributed by atoms with E-state index in [1.807, 2.05) is 27.7 Å². The van der Waals surface area contributed by atoms with E-state index >= 15 is 0 Å². The summed E-state index contributed by atoms with van der Waals surface area (Å²) in [5.74, 6) is 0. The number of hydrogen-bond donors (Lipinski definition) is 0. The molecular weight excluding hydrogens is 344 g/mol. The lowest BCUT2D eigenvalue weighted by Crippen LogP contribution is -2.42. The number of urea groups is 2. The molecule has 4 aliphatic rings. The van der Waals surface area contributed by atoms with Crippen molar-refractivity contribution in [1.82, 2.24) is 19.6 Å². The molecule has 0 saturated carbocycles. The molecule has 0 radical (unpaired) electrons. The van der Waals surface area contributed by atoms with Crippen LogP contribution in [0.5, 0.6) is 0 Å². The monoisotopic (exact) mass is 370 g/mol. The maximum Gasteiger partial charge on any atom is 0.324 e. The number of carbonyl (C=O) groups excluding carboxylic acids is 2. The molecule has 2 unspecified atom stereocenters. The molecule has 26 heavy (non-hydrogen) atoms. The second-order valence-corrected chi connectivity index (χ2v) is 6.55. The van der Waals surface area contributed by atoms with E-state index in [9.17, 15) is 9.59 Å². The van der Waals surface area contributed by atoms with E-state index in [4.69, 9.17) is 18.9 Å². The predicted octanol–water partition coefficient (Wildman–Crippen LogP) is 0.591. The maximum absolute atomic E-state index is 12.3. The van der Waals surface area contributed by atoms with Gasteiger partial charge in [-0.05, 0) is 27.7 Å². The highest BCUT2D eigenvalue weighted by molar-refractivity contribution is 5.78. The Hall–Kier alpha value is -1.62. The zero-order chi connectivity index (χ0) is 18.6. The summed E-state index contributed by atoms with van der Waals surface area (Å²) in [5, 5.41) is 0. The van der Waals surface area contributed by atoms with Gasteiger partial charge in [-0.15, -0.1) is 0 Å². The topological polar surface area (TPSA) is 84.0 Å². The van der Waals surface area contributed by atoms with E-state index in [0.29, 0.717) is 26.2 Å². The Kier molecular flexibility index (Phi) is 4.46. The van der Waals surface area contributed by atoms with Gasteiger partial charge in [0.05, 0.1) is 0 Å². The largest absolute Gasteiger partial charge is 0.324 e. The molecule has 0 spiro atoms. The smallest absolute Gasteiger partial charge is 0.319 e. The Bertz CT molecular complexity index is 497. The minimum Gasteiger partial charge on any atom is -0.319 e. The zero-order valence-corrected chi connectivity index (χ0v) is 15.5. The van der Waals surface area contributed by atoms with Crippen molar-refractivity contribution in [2.45, 2.75) is 65.2 Å². The van der Waals surface area contributed by atoms with Crippen LogP contribution in [0.2, 0.25) is 0 Å². The number of ether oxygens (including phenoxy) is 4. The van der Waals surface area contributed by atoms with Gasteiger partial charge in [0.15, 0.2) is 24.9 Å². The van der Waals surface area contributed by atoms with Crippen LogP contribution in [0.25, 0.3) is 0 Å². The highest BCUT2D eigenvalue weighted by Gasteiger charge is 2.59. The SMILES string of the molecule is CCN1C(=O)N(CC)[C@H]2OC(C3O[C@@H]4[C@H](O3)N(CC)C(=O)N4CC)O[C@H]21. The quantitative estimate of drug-likeness (QED) is 0.704. The summed E-state index contributed by atoms with van der Waals surface area (Å²) in [6.45, 7) is 9.75. The number of amides is 4. The molecule has 0 aliphatic carbocycles. The molecule has 0 bridgehead atoms. The Morgan fingerprint density at radius 2 is 0.808 bits per heavy atom. The van der Waals surface area contributed by atoms with Crippen LogP contribution < -0.4 is 0 Å². The predicted molar refractivity (Wildman–Crippen MR) is 87.4 cm³/mol. The van der Waals surface area contributed by atoms with Gasteiger partial charge in [-0.1, -0.05) is 0 Å². The fourth-order valence-corrected chi connectivity index (χ4v) is 4.08. The van der Waals surface area contributed by atoms with Crippen molar-refractivity contribution < 1.29 is 28.5 Å². The number of fused-ring (bicyclic) bond motifs is 2. The second kappa shape index (κ2) is 6.52. The summed E-state index contributed by atoms with van der Waals surface area (Å²) >= 11 is 0. The zero-order valence-electron chi connectivity index (χ0n) is 15.5. The van der Waals surface area contributed by atoms with Gasteiger partial charge in [-0.2, -0.15) is 0 Å². The number of nitrogens with zero attached hydrogens (tertiary/aromatic N) is 4. The second-order valence-electron chi connectivity index (χ2n) is 6.55. The molecule has 0 aromatic rings. The van der Waals surface area contributed by atoms with Gasteiger partial charge in [-0.25, -0.2) is 9.59 Å². The molecule has 4 aliphatic heterocycles. The van der Waals surface area contributed by atoms with Crippen molar-refractivity contribution in [1.29, 1.82) is 0 Å². The number of carbonyl (C=O) groups is 2. The summed E-state index contributed by atoms with van der Waals surface area (Å²) in [6.07, 6.45) is -3.40. The Morgan fingerprint density at radius 3 is 1.00 bits per heavy atom. The molecule has 0 aromatic carbocycles. The summed E-state index contributed by atoms with van der Waals surface area (Å²) < 4.78 is 23.9. The van der Waals surface area contributed by atoms with Gasteiger partial charge in [0.2, 0.25) is 12.6 Å². The average Bonchev–Trinajstić information content (AvgIpc) is 3.32. The minimum absolute atomic E-state index is 0.0894. The van der Waals surface area contributed by atoms with Gasteiger partial charge in [0.1, 0.15) is 0 Å². The van der Waals surface area contributed by atoms with Crippen LogP contribution in [0.1, 0.15) is 27.7 Å². The van der Waals surface area contributed by atoms with Crippen molar-refractivity contribution in [2.75, 3.05) is 26.2 Å². The fraction of sp³-hybridized carbons (Fsp3) is 0.875. The van der Waals surface area contributed by atoms with E-state index in [-0.39, 0.29) is 12.1 Å². The third-order valence-corrected chi connectivity index (χ3v) is 5.38. The molecule has 4 saturated heterocycles. The molecule has 4 amide bonds. The highest BCUT2D eigenvalue weighted by Crippen LogP contribution is 2.39. The Labute approximate surface area is 152 Å². The number of hydrogen-bond acceptors (Lipinski definition) is 6. The minimum atomic E-state index is -0.751. The molecule has 10 heteroatoms. The van der Waals surface area contributed by atoms with E-state index in [1.165, 1.54) is 0 Å². The maximum atomic E-state index is 12.3. The first-order valence-corrected chi connectivity index (χ1v) is 9.31. The van der Waals surface area contributed by atoms with Crippen LogP contribution in [0.3, 0.4) is 0 Å². The van der Waals surface area contributed by atoms with E-state index < -0.39 is 37.5 Å². The Balaban J connectivity index is 1.48. The average molecular weight is 370 g/mol. The molecule has 4 fully saturated rings. The van der Waals surface area contributed by atoms with E-state index in [2.05, 4.69) is 0 Å². The van der Waals surface area contributed by atoms with Gasteiger partial charge in [-0.3, -0.25) is 19.6 Å². The molecule has 6 atom stereocenters.